The Morgan fingerprint density at radius 1 is 0.692 bits per heavy atom. The van der Waals surface area contributed by atoms with E-state index >= 15 is 0 Å². The molecule has 4 rings (SSSR count). The van der Waals surface area contributed by atoms with Gasteiger partial charge in [-0.2, -0.15) is 0 Å². The molecule has 0 N–H and O–H groups in total. The first kappa shape index (κ1) is 32.9. The number of pyridine rings is 2. The van der Waals surface area contributed by atoms with E-state index in [9.17, 15) is 9.59 Å². The van der Waals surface area contributed by atoms with Crippen molar-refractivity contribution in [1.82, 2.24) is 9.97 Å². The fourth-order valence-electron chi connectivity index (χ4n) is 3.42. The Labute approximate surface area is 261 Å². The van der Waals surface area contributed by atoms with E-state index in [0.717, 1.165) is 26.1 Å². The second-order valence-corrected chi connectivity index (χ2v) is 15.5. The zero-order chi connectivity index (χ0) is 29.0. The maximum atomic E-state index is 11.5. The Kier molecular flexibility index (Phi) is 13.5. The molecule has 0 unspecified atom stereocenters. The van der Waals surface area contributed by atoms with Crippen molar-refractivity contribution >= 4 is 78.2 Å². The molecular weight excluding hydrogens is 758 g/mol. The van der Waals surface area contributed by atoms with Gasteiger partial charge in [-0.25, -0.2) is 19.6 Å². The number of carbonyl (C=O) groups excluding carboxylic acids is 2. The first-order chi connectivity index (χ1) is 18.6. The fourth-order valence-corrected chi connectivity index (χ4v) is 5.15. The molecule has 0 spiro atoms. The normalized spacial score (nSPS) is 10.3. The number of carbonyl (C=O) groups is 2. The zero-order valence-electron chi connectivity index (χ0n) is 22.2. The standard InChI is InChI=1S/C16H19NO2Si.C13H10INO2.ClI/c1-19-16(18)15-10-6-9-14(17-15)12-7-5-8-13(11-12)20(2,3)4;1-17-13(16)12-7-3-6-11(15-12)9-4-2-5-10(14)8-9;1-2/h5-11H,1-4H3;2-8H,1H3;. The molecule has 0 atom stereocenters. The summed E-state index contributed by atoms with van der Waals surface area (Å²) in [6.07, 6.45) is 0. The Bertz CT molecular complexity index is 1410. The molecule has 2 heterocycles. The smallest absolute Gasteiger partial charge is 0.356 e. The highest BCUT2D eigenvalue weighted by Gasteiger charge is 2.17. The Morgan fingerprint density at radius 2 is 1.13 bits per heavy atom. The third-order valence-electron chi connectivity index (χ3n) is 5.43. The summed E-state index contributed by atoms with van der Waals surface area (Å²) in [5.41, 5.74) is 4.25. The van der Waals surface area contributed by atoms with Gasteiger partial charge in [-0.15, -0.1) is 0 Å². The predicted molar refractivity (Wildman–Crippen MR) is 178 cm³/mol. The lowest BCUT2D eigenvalue weighted by molar-refractivity contribution is 0.0585. The summed E-state index contributed by atoms with van der Waals surface area (Å²) >= 11 is 3.86. The second-order valence-electron chi connectivity index (χ2n) is 9.14. The second kappa shape index (κ2) is 16.0. The van der Waals surface area contributed by atoms with Gasteiger partial charge < -0.3 is 9.47 Å². The quantitative estimate of drug-likeness (QED) is 0.117. The third-order valence-corrected chi connectivity index (χ3v) is 8.15. The molecule has 0 aliphatic heterocycles. The van der Waals surface area contributed by atoms with Crippen molar-refractivity contribution in [3.8, 4) is 22.5 Å². The van der Waals surface area contributed by atoms with Gasteiger partial charge in [0.2, 0.25) is 0 Å². The molecule has 0 bridgehead atoms. The number of hydrogen-bond donors (Lipinski definition) is 0. The van der Waals surface area contributed by atoms with Crippen LogP contribution >= 0.6 is 53.0 Å². The SMILES string of the molecule is COC(=O)c1cccc(-c2cccc(I)c2)n1.COC(=O)c1cccc(-c2cccc([Si](C)(C)C)c2)n1.ClI. The van der Waals surface area contributed by atoms with Gasteiger partial charge in [0.25, 0.3) is 0 Å². The van der Waals surface area contributed by atoms with Crippen LogP contribution < -0.4 is 5.19 Å². The minimum Gasteiger partial charge on any atom is -0.464 e. The summed E-state index contributed by atoms with van der Waals surface area (Å²) < 4.78 is 10.5. The van der Waals surface area contributed by atoms with Crippen molar-refractivity contribution in [2.24, 2.45) is 0 Å². The molecule has 4 aromatic rings. The maximum Gasteiger partial charge on any atom is 0.356 e. The highest BCUT2D eigenvalue weighted by atomic mass is 127. The van der Waals surface area contributed by atoms with Crippen LogP contribution in [-0.4, -0.2) is 44.2 Å². The van der Waals surface area contributed by atoms with E-state index in [2.05, 4.69) is 84.0 Å². The van der Waals surface area contributed by atoms with Crippen LogP contribution in [0.5, 0.6) is 0 Å². The van der Waals surface area contributed by atoms with Crippen LogP contribution in [0, 0.1) is 3.57 Å². The molecule has 2 aromatic carbocycles. The molecule has 10 heteroatoms. The number of rotatable bonds is 5. The van der Waals surface area contributed by atoms with E-state index in [1.165, 1.54) is 19.4 Å². The van der Waals surface area contributed by atoms with Gasteiger partial charge in [0.15, 0.2) is 0 Å². The number of ether oxygens (including phenoxy) is 2. The van der Waals surface area contributed by atoms with Crippen LogP contribution in [0.1, 0.15) is 21.0 Å². The topological polar surface area (TPSA) is 78.4 Å². The molecular formula is C29H29ClI2N2O4Si. The lowest BCUT2D eigenvalue weighted by atomic mass is 10.1. The molecule has 204 valence electrons. The van der Waals surface area contributed by atoms with Crippen LogP contribution in [0.4, 0.5) is 0 Å². The molecule has 0 saturated carbocycles. The van der Waals surface area contributed by atoms with Gasteiger partial charge in [0.05, 0.1) is 33.7 Å². The summed E-state index contributed by atoms with van der Waals surface area (Å²) in [7, 11) is 5.96. The summed E-state index contributed by atoms with van der Waals surface area (Å²) in [6.45, 7) is 6.93. The predicted octanol–water partition coefficient (Wildman–Crippen LogP) is 7.80. The maximum absolute atomic E-state index is 11.5. The molecule has 0 fully saturated rings. The number of halogens is 3. The number of aromatic nitrogens is 2. The molecule has 0 aliphatic carbocycles. The van der Waals surface area contributed by atoms with E-state index in [1.807, 2.05) is 48.5 Å². The van der Waals surface area contributed by atoms with E-state index < -0.39 is 20.0 Å². The van der Waals surface area contributed by atoms with Gasteiger partial charge in [-0.1, -0.05) is 73.4 Å². The van der Waals surface area contributed by atoms with Crippen molar-refractivity contribution in [2.75, 3.05) is 14.2 Å². The third kappa shape index (κ3) is 9.96. The van der Waals surface area contributed by atoms with Gasteiger partial charge in [0, 0.05) is 36.2 Å². The molecule has 0 radical (unpaired) electrons. The summed E-state index contributed by atoms with van der Waals surface area (Å²) in [6, 6.07) is 27.1. The van der Waals surface area contributed by atoms with E-state index in [0.29, 0.717) is 11.4 Å². The molecule has 2 aromatic heterocycles. The zero-order valence-corrected chi connectivity index (χ0v) is 28.3. The minimum absolute atomic E-state index is 0.323. The van der Waals surface area contributed by atoms with Gasteiger partial charge in [0.1, 0.15) is 11.4 Å². The Hall–Kier alpha value is -2.35. The summed E-state index contributed by atoms with van der Waals surface area (Å²) in [5.74, 6) is -0.828. The Morgan fingerprint density at radius 3 is 1.56 bits per heavy atom. The minimum atomic E-state index is -1.36. The van der Waals surface area contributed by atoms with E-state index in [-0.39, 0.29) is 0 Å². The van der Waals surface area contributed by atoms with E-state index in [4.69, 9.17) is 4.74 Å². The highest BCUT2D eigenvalue weighted by molar-refractivity contribution is 14.1. The van der Waals surface area contributed by atoms with Gasteiger partial charge in [-0.3, -0.25) is 0 Å². The van der Waals surface area contributed by atoms with E-state index in [1.54, 1.807) is 39.7 Å². The van der Waals surface area contributed by atoms with Crippen LogP contribution in [0.15, 0.2) is 84.9 Å². The van der Waals surface area contributed by atoms with Crippen molar-refractivity contribution in [3.63, 3.8) is 0 Å². The largest absolute Gasteiger partial charge is 0.464 e. The number of benzene rings is 2. The average molecular weight is 787 g/mol. The van der Waals surface area contributed by atoms with Crippen LogP contribution in [-0.2, 0) is 9.47 Å². The average Bonchev–Trinajstić information content (AvgIpc) is 2.97. The molecule has 0 aliphatic rings. The summed E-state index contributed by atoms with van der Waals surface area (Å²) in [5, 5.41) is 1.38. The number of methoxy groups -OCH3 is 2. The molecule has 0 amide bonds. The lowest BCUT2D eigenvalue weighted by Crippen LogP contribution is -2.37. The van der Waals surface area contributed by atoms with Crippen LogP contribution in [0.3, 0.4) is 0 Å². The van der Waals surface area contributed by atoms with Crippen molar-refractivity contribution in [2.45, 2.75) is 19.6 Å². The first-order valence-corrected chi connectivity index (χ1v) is 19.1. The highest BCUT2D eigenvalue weighted by Crippen LogP contribution is 2.20. The monoisotopic (exact) mass is 786 g/mol. The van der Waals surface area contributed by atoms with Crippen LogP contribution in [0.2, 0.25) is 19.6 Å². The van der Waals surface area contributed by atoms with Crippen molar-refractivity contribution in [3.05, 3.63) is 99.9 Å². The summed E-state index contributed by atoms with van der Waals surface area (Å²) in [4.78, 5) is 31.6. The number of nitrogens with zero attached hydrogens (tertiary/aromatic N) is 2. The molecule has 39 heavy (non-hydrogen) atoms. The van der Waals surface area contributed by atoms with Gasteiger partial charge in [-0.05, 0) is 67.9 Å². The lowest BCUT2D eigenvalue weighted by Gasteiger charge is -2.17. The Balaban J connectivity index is 0.000000260. The number of hydrogen-bond acceptors (Lipinski definition) is 6. The van der Waals surface area contributed by atoms with Gasteiger partial charge >= 0.3 is 11.9 Å². The number of esters is 2. The first-order valence-electron chi connectivity index (χ1n) is 11.7. The van der Waals surface area contributed by atoms with Crippen molar-refractivity contribution in [1.29, 1.82) is 0 Å². The fraction of sp³-hybridized carbons (Fsp3) is 0.172. The van der Waals surface area contributed by atoms with Crippen LogP contribution in [0.25, 0.3) is 22.5 Å². The molecule has 0 saturated heterocycles. The van der Waals surface area contributed by atoms with Crippen molar-refractivity contribution < 1.29 is 19.1 Å². The molecule has 6 nitrogen and oxygen atoms in total.